The number of nitrogens with zero attached hydrogens (tertiary/aromatic N) is 4. The number of hydrogen-bond donors (Lipinski definition) is 0. The van der Waals surface area contributed by atoms with Gasteiger partial charge in [0.15, 0.2) is 0 Å². The standard InChI is InChI=1S/C17H20N4O2/c1-11-3-2-8-18-14(11)15-19-16(23-20-15)12-6-9-21(10-7-12)17(22)13-4-5-13/h2-3,8,12-13H,4-7,9-10H2,1H3. The average molecular weight is 312 g/mol. The molecule has 4 rings (SSSR count). The zero-order valence-electron chi connectivity index (χ0n) is 13.2. The molecule has 2 aromatic heterocycles. The Morgan fingerprint density at radius 1 is 1.26 bits per heavy atom. The lowest BCUT2D eigenvalue weighted by atomic mass is 9.96. The summed E-state index contributed by atoms with van der Waals surface area (Å²) in [5.41, 5.74) is 1.80. The molecular formula is C17H20N4O2. The Kier molecular flexibility index (Phi) is 3.59. The smallest absolute Gasteiger partial charge is 0.230 e. The molecule has 0 spiro atoms. The highest BCUT2D eigenvalue weighted by Crippen LogP contribution is 2.34. The Morgan fingerprint density at radius 2 is 2.04 bits per heavy atom. The van der Waals surface area contributed by atoms with Crippen LogP contribution in [0.1, 0.15) is 43.1 Å². The Labute approximate surface area is 134 Å². The molecule has 6 nitrogen and oxygen atoms in total. The van der Waals surface area contributed by atoms with Gasteiger partial charge in [0, 0.05) is 31.1 Å². The summed E-state index contributed by atoms with van der Waals surface area (Å²) in [4.78, 5) is 23.0. The van der Waals surface area contributed by atoms with E-state index in [1.54, 1.807) is 6.20 Å². The molecule has 0 N–H and O–H groups in total. The van der Waals surface area contributed by atoms with Crippen LogP contribution in [0.15, 0.2) is 22.9 Å². The lowest BCUT2D eigenvalue weighted by Crippen LogP contribution is -2.38. The van der Waals surface area contributed by atoms with Crippen molar-refractivity contribution in [2.45, 2.75) is 38.5 Å². The number of aryl methyl sites for hydroxylation is 1. The quantitative estimate of drug-likeness (QED) is 0.871. The summed E-state index contributed by atoms with van der Waals surface area (Å²) in [7, 11) is 0. The van der Waals surface area contributed by atoms with Gasteiger partial charge >= 0.3 is 0 Å². The van der Waals surface area contributed by atoms with Crippen molar-refractivity contribution in [3.63, 3.8) is 0 Å². The largest absolute Gasteiger partial charge is 0.342 e. The molecule has 1 aliphatic heterocycles. The van der Waals surface area contributed by atoms with Crippen LogP contribution in [0.25, 0.3) is 11.5 Å². The van der Waals surface area contributed by atoms with Crippen LogP contribution in [0.5, 0.6) is 0 Å². The molecule has 6 heteroatoms. The topological polar surface area (TPSA) is 72.1 Å². The second-order valence-corrected chi connectivity index (χ2v) is 6.50. The number of amides is 1. The summed E-state index contributed by atoms with van der Waals surface area (Å²) in [6, 6.07) is 3.88. The van der Waals surface area contributed by atoms with Gasteiger partial charge in [0.1, 0.15) is 5.69 Å². The second-order valence-electron chi connectivity index (χ2n) is 6.50. The molecule has 3 heterocycles. The maximum absolute atomic E-state index is 12.1. The van der Waals surface area contributed by atoms with E-state index in [9.17, 15) is 4.79 Å². The third kappa shape index (κ3) is 2.85. The van der Waals surface area contributed by atoms with Gasteiger partial charge in [-0.1, -0.05) is 11.2 Å². The summed E-state index contributed by atoms with van der Waals surface area (Å²) < 4.78 is 5.46. The van der Waals surface area contributed by atoms with Gasteiger partial charge in [-0.3, -0.25) is 9.78 Å². The lowest BCUT2D eigenvalue weighted by Gasteiger charge is -2.30. The average Bonchev–Trinajstić information content (AvgIpc) is 3.32. The summed E-state index contributed by atoms with van der Waals surface area (Å²) in [5, 5.41) is 4.09. The van der Waals surface area contributed by atoms with Crippen molar-refractivity contribution in [3.8, 4) is 11.5 Å². The van der Waals surface area contributed by atoms with E-state index < -0.39 is 0 Å². The minimum atomic E-state index is 0.239. The van der Waals surface area contributed by atoms with Gasteiger partial charge in [0.25, 0.3) is 0 Å². The molecular weight excluding hydrogens is 292 g/mol. The van der Waals surface area contributed by atoms with Crippen molar-refractivity contribution in [2.24, 2.45) is 5.92 Å². The Hall–Kier alpha value is -2.24. The highest BCUT2D eigenvalue weighted by atomic mass is 16.5. The fraction of sp³-hybridized carbons (Fsp3) is 0.529. The summed E-state index contributed by atoms with van der Waals surface area (Å²) >= 11 is 0. The van der Waals surface area contributed by atoms with E-state index >= 15 is 0 Å². The minimum Gasteiger partial charge on any atom is -0.342 e. The normalized spacial score (nSPS) is 19.1. The predicted molar refractivity (Wildman–Crippen MR) is 83.5 cm³/mol. The van der Waals surface area contributed by atoms with Crippen LogP contribution in [0.4, 0.5) is 0 Å². The van der Waals surface area contributed by atoms with Crippen LogP contribution in [0.3, 0.4) is 0 Å². The first-order valence-corrected chi connectivity index (χ1v) is 8.27. The number of rotatable bonds is 3. The van der Waals surface area contributed by atoms with Gasteiger partial charge in [-0.2, -0.15) is 4.98 Å². The van der Waals surface area contributed by atoms with Gasteiger partial charge in [-0.05, 0) is 44.2 Å². The first kappa shape index (κ1) is 14.4. The lowest BCUT2D eigenvalue weighted by molar-refractivity contribution is -0.133. The number of hydrogen-bond acceptors (Lipinski definition) is 5. The minimum absolute atomic E-state index is 0.239. The number of carbonyl (C=O) groups is 1. The summed E-state index contributed by atoms with van der Waals surface area (Å²) in [5.74, 6) is 2.09. The molecule has 2 fully saturated rings. The van der Waals surface area contributed by atoms with E-state index in [2.05, 4.69) is 15.1 Å². The molecule has 0 unspecified atom stereocenters. The van der Waals surface area contributed by atoms with Crippen molar-refractivity contribution in [3.05, 3.63) is 29.8 Å². The molecule has 0 radical (unpaired) electrons. The maximum Gasteiger partial charge on any atom is 0.230 e. The summed E-state index contributed by atoms with van der Waals surface area (Å²) in [6.45, 7) is 3.57. The van der Waals surface area contributed by atoms with Crippen LogP contribution in [0.2, 0.25) is 0 Å². The van der Waals surface area contributed by atoms with Gasteiger partial charge in [-0.15, -0.1) is 0 Å². The van der Waals surface area contributed by atoms with E-state index in [1.807, 2.05) is 24.0 Å². The molecule has 23 heavy (non-hydrogen) atoms. The molecule has 1 amide bonds. The van der Waals surface area contributed by atoms with E-state index in [4.69, 9.17) is 4.52 Å². The van der Waals surface area contributed by atoms with Gasteiger partial charge < -0.3 is 9.42 Å². The highest BCUT2D eigenvalue weighted by molar-refractivity contribution is 5.81. The number of carbonyl (C=O) groups excluding carboxylic acids is 1. The molecule has 0 aromatic carbocycles. The fourth-order valence-corrected chi connectivity index (χ4v) is 3.15. The van der Waals surface area contributed by atoms with E-state index in [-0.39, 0.29) is 5.92 Å². The van der Waals surface area contributed by atoms with Crippen LogP contribution < -0.4 is 0 Å². The van der Waals surface area contributed by atoms with Crippen LogP contribution in [0, 0.1) is 12.8 Å². The molecule has 2 aliphatic rings. The van der Waals surface area contributed by atoms with E-state index in [1.165, 1.54) is 0 Å². The predicted octanol–water partition coefficient (Wildman–Crippen LogP) is 2.56. The third-order valence-corrected chi connectivity index (χ3v) is 4.75. The molecule has 1 saturated heterocycles. The Balaban J connectivity index is 1.44. The monoisotopic (exact) mass is 312 g/mol. The number of likely N-dealkylation sites (tertiary alicyclic amines) is 1. The Morgan fingerprint density at radius 3 is 2.74 bits per heavy atom. The van der Waals surface area contributed by atoms with Gasteiger partial charge in [0.2, 0.25) is 17.6 Å². The van der Waals surface area contributed by atoms with E-state index in [0.29, 0.717) is 23.5 Å². The van der Waals surface area contributed by atoms with Gasteiger partial charge in [0.05, 0.1) is 0 Å². The first-order chi connectivity index (χ1) is 11.2. The second kappa shape index (κ2) is 5.76. The van der Waals surface area contributed by atoms with Crippen molar-refractivity contribution in [2.75, 3.05) is 13.1 Å². The summed E-state index contributed by atoms with van der Waals surface area (Å²) in [6.07, 6.45) is 5.65. The number of aromatic nitrogens is 3. The Bertz CT molecular complexity index is 715. The fourth-order valence-electron chi connectivity index (χ4n) is 3.15. The zero-order chi connectivity index (χ0) is 15.8. The molecule has 120 valence electrons. The van der Waals surface area contributed by atoms with Crippen LogP contribution >= 0.6 is 0 Å². The van der Waals surface area contributed by atoms with E-state index in [0.717, 1.165) is 50.0 Å². The van der Waals surface area contributed by atoms with Crippen molar-refractivity contribution in [1.82, 2.24) is 20.0 Å². The van der Waals surface area contributed by atoms with Crippen LogP contribution in [-0.2, 0) is 4.79 Å². The molecule has 1 aliphatic carbocycles. The van der Waals surface area contributed by atoms with Crippen LogP contribution in [-0.4, -0.2) is 39.0 Å². The van der Waals surface area contributed by atoms with Gasteiger partial charge in [-0.25, -0.2) is 0 Å². The molecule has 0 bridgehead atoms. The third-order valence-electron chi connectivity index (χ3n) is 4.75. The number of piperidine rings is 1. The molecule has 2 aromatic rings. The van der Waals surface area contributed by atoms with Crippen molar-refractivity contribution in [1.29, 1.82) is 0 Å². The highest BCUT2D eigenvalue weighted by Gasteiger charge is 2.36. The maximum atomic E-state index is 12.1. The molecule has 0 atom stereocenters. The van der Waals surface area contributed by atoms with Crippen molar-refractivity contribution >= 4 is 5.91 Å². The zero-order valence-corrected chi connectivity index (χ0v) is 13.2. The number of pyridine rings is 1. The first-order valence-electron chi connectivity index (χ1n) is 8.27. The molecule has 1 saturated carbocycles. The van der Waals surface area contributed by atoms with Crippen molar-refractivity contribution < 1.29 is 9.32 Å². The SMILES string of the molecule is Cc1cccnc1-c1noc(C2CCN(C(=O)C3CC3)CC2)n1.